The molecule has 1 aliphatic rings. The van der Waals surface area contributed by atoms with Gasteiger partial charge in [0.15, 0.2) is 5.16 Å². The molecule has 1 fully saturated rings. The summed E-state index contributed by atoms with van der Waals surface area (Å²) in [5.41, 5.74) is 1.14. The number of nitrogens with zero attached hydrogens (tertiary/aromatic N) is 5. The molecule has 1 saturated heterocycles. The number of piperazine rings is 1. The SMILES string of the molecule is C=CCn1c(SCC(=O)N2CCN(c3ccccc3[N+](=O)[O-])CC2)nc2ccsc2c1=O. The highest BCUT2D eigenvalue weighted by Crippen LogP contribution is 2.28. The molecule has 3 heterocycles. The Kier molecular flexibility index (Phi) is 6.56. The van der Waals surface area contributed by atoms with Gasteiger partial charge in [-0.1, -0.05) is 30.0 Å². The number of hydrogen-bond donors (Lipinski definition) is 0. The third kappa shape index (κ3) is 4.39. The fraction of sp³-hybridized carbons (Fsp3) is 0.286. The van der Waals surface area contributed by atoms with E-state index in [4.69, 9.17) is 0 Å². The molecule has 11 heteroatoms. The van der Waals surface area contributed by atoms with E-state index in [1.165, 1.54) is 33.7 Å². The number of anilines is 1. The predicted octanol–water partition coefficient (Wildman–Crippen LogP) is 2.99. The number of rotatable bonds is 7. The molecule has 0 spiro atoms. The van der Waals surface area contributed by atoms with Crippen LogP contribution in [0, 0.1) is 10.1 Å². The molecule has 4 rings (SSSR count). The molecule has 1 amide bonds. The van der Waals surface area contributed by atoms with Crippen LogP contribution >= 0.6 is 23.1 Å². The van der Waals surface area contributed by atoms with Crippen molar-refractivity contribution in [2.24, 2.45) is 0 Å². The molecule has 0 atom stereocenters. The van der Waals surface area contributed by atoms with Crippen LogP contribution in [0.25, 0.3) is 10.2 Å². The second kappa shape index (κ2) is 9.53. The molecule has 0 unspecified atom stereocenters. The molecule has 1 aliphatic heterocycles. The van der Waals surface area contributed by atoms with E-state index in [0.29, 0.717) is 53.8 Å². The largest absolute Gasteiger partial charge is 0.362 e. The Morgan fingerprint density at radius 2 is 2.00 bits per heavy atom. The van der Waals surface area contributed by atoms with Crippen LogP contribution in [0.4, 0.5) is 11.4 Å². The van der Waals surface area contributed by atoms with Crippen LogP contribution in [0.3, 0.4) is 0 Å². The van der Waals surface area contributed by atoms with Crippen molar-refractivity contribution in [1.82, 2.24) is 14.5 Å². The molecular weight excluding hydrogens is 450 g/mol. The van der Waals surface area contributed by atoms with Crippen LogP contribution in [0.1, 0.15) is 0 Å². The topological polar surface area (TPSA) is 102 Å². The maximum absolute atomic E-state index is 12.8. The lowest BCUT2D eigenvalue weighted by molar-refractivity contribution is -0.384. The lowest BCUT2D eigenvalue weighted by Crippen LogP contribution is -2.49. The van der Waals surface area contributed by atoms with Crippen molar-refractivity contribution < 1.29 is 9.72 Å². The second-order valence-electron chi connectivity index (χ2n) is 7.14. The number of carbonyl (C=O) groups excluding carboxylic acids is 1. The van der Waals surface area contributed by atoms with Crippen molar-refractivity contribution in [3.8, 4) is 0 Å². The van der Waals surface area contributed by atoms with E-state index in [2.05, 4.69) is 11.6 Å². The van der Waals surface area contributed by atoms with Gasteiger partial charge in [-0.15, -0.1) is 17.9 Å². The van der Waals surface area contributed by atoms with Gasteiger partial charge in [-0.05, 0) is 17.5 Å². The molecule has 32 heavy (non-hydrogen) atoms. The van der Waals surface area contributed by atoms with Gasteiger partial charge < -0.3 is 9.80 Å². The molecule has 0 aliphatic carbocycles. The van der Waals surface area contributed by atoms with Crippen molar-refractivity contribution in [2.75, 3.05) is 36.8 Å². The van der Waals surface area contributed by atoms with Crippen molar-refractivity contribution in [3.05, 3.63) is 68.8 Å². The van der Waals surface area contributed by atoms with E-state index >= 15 is 0 Å². The predicted molar refractivity (Wildman–Crippen MR) is 127 cm³/mol. The first-order valence-electron chi connectivity index (χ1n) is 9.97. The summed E-state index contributed by atoms with van der Waals surface area (Å²) in [5, 5.41) is 13.6. The van der Waals surface area contributed by atoms with Crippen LogP contribution in [0.5, 0.6) is 0 Å². The third-order valence-corrected chi connectivity index (χ3v) is 7.07. The molecular formula is C21H21N5O4S2. The monoisotopic (exact) mass is 471 g/mol. The van der Waals surface area contributed by atoms with Gasteiger partial charge in [0.05, 0.1) is 16.2 Å². The van der Waals surface area contributed by atoms with Crippen molar-refractivity contribution in [3.63, 3.8) is 0 Å². The van der Waals surface area contributed by atoms with E-state index in [-0.39, 0.29) is 27.8 Å². The molecule has 9 nitrogen and oxygen atoms in total. The number of benzene rings is 1. The van der Waals surface area contributed by atoms with Gasteiger partial charge in [0, 0.05) is 38.8 Å². The van der Waals surface area contributed by atoms with Crippen LogP contribution in [-0.2, 0) is 11.3 Å². The minimum atomic E-state index is -0.385. The minimum Gasteiger partial charge on any atom is -0.362 e. The van der Waals surface area contributed by atoms with Crippen molar-refractivity contribution in [2.45, 2.75) is 11.7 Å². The number of fused-ring (bicyclic) bond motifs is 1. The Bertz CT molecular complexity index is 1230. The van der Waals surface area contributed by atoms with Crippen molar-refractivity contribution in [1.29, 1.82) is 0 Å². The van der Waals surface area contributed by atoms with E-state index < -0.39 is 0 Å². The van der Waals surface area contributed by atoms with Crippen LogP contribution < -0.4 is 10.5 Å². The summed E-state index contributed by atoms with van der Waals surface area (Å²) in [4.78, 5) is 44.7. The van der Waals surface area contributed by atoms with E-state index in [9.17, 15) is 19.7 Å². The van der Waals surface area contributed by atoms with Gasteiger partial charge in [-0.2, -0.15) is 0 Å². The third-order valence-electron chi connectivity index (χ3n) is 5.22. The first-order valence-corrected chi connectivity index (χ1v) is 11.8. The Balaban J connectivity index is 1.41. The Hall–Kier alpha value is -3.18. The number of thiophene rings is 1. The fourth-order valence-electron chi connectivity index (χ4n) is 3.62. The van der Waals surface area contributed by atoms with Gasteiger partial charge in [-0.3, -0.25) is 24.3 Å². The molecule has 1 aromatic carbocycles. The zero-order chi connectivity index (χ0) is 22.7. The summed E-state index contributed by atoms with van der Waals surface area (Å²) in [6, 6.07) is 8.44. The van der Waals surface area contributed by atoms with Crippen LogP contribution in [0.2, 0.25) is 0 Å². The molecule has 166 valence electrons. The summed E-state index contributed by atoms with van der Waals surface area (Å²) >= 11 is 2.59. The van der Waals surface area contributed by atoms with E-state index in [0.717, 1.165) is 0 Å². The zero-order valence-corrected chi connectivity index (χ0v) is 18.8. The van der Waals surface area contributed by atoms with Gasteiger partial charge in [-0.25, -0.2) is 4.98 Å². The number of hydrogen-bond acceptors (Lipinski definition) is 8. The lowest BCUT2D eigenvalue weighted by atomic mass is 10.2. The molecule has 0 bridgehead atoms. The van der Waals surface area contributed by atoms with Gasteiger partial charge >= 0.3 is 0 Å². The van der Waals surface area contributed by atoms with E-state index in [1.54, 1.807) is 35.2 Å². The maximum Gasteiger partial charge on any atom is 0.292 e. The highest BCUT2D eigenvalue weighted by molar-refractivity contribution is 7.99. The molecule has 2 aromatic heterocycles. The summed E-state index contributed by atoms with van der Waals surface area (Å²) < 4.78 is 2.13. The Morgan fingerprint density at radius 1 is 1.25 bits per heavy atom. The number of carbonyl (C=O) groups is 1. The quantitative estimate of drug-likeness (QED) is 0.172. The number of thioether (sulfide) groups is 1. The first kappa shape index (κ1) is 22.0. The zero-order valence-electron chi connectivity index (χ0n) is 17.2. The number of aromatic nitrogens is 2. The van der Waals surface area contributed by atoms with E-state index in [1.807, 2.05) is 10.3 Å². The normalized spacial score (nSPS) is 14.0. The Morgan fingerprint density at radius 3 is 2.72 bits per heavy atom. The average Bonchev–Trinajstić information content (AvgIpc) is 3.28. The first-order chi connectivity index (χ1) is 15.5. The van der Waals surface area contributed by atoms with Crippen molar-refractivity contribution >= 4 is 50.6 Å². The fourth-order valence-corrected chi connectivity index (χ4v) is 5.31. The molecule has 0 N–H and O–H groups in total. The summed E-state index contributed by atoms with van der Waals surface area (Å²) in [6.45, 7) is 6.01. The highest BCUT2D eigenvalue weighted by atomic mass is 32.2. The smallest absolute Gasteiger partial charge is 0.292 e. The number of amides is 1. The lowest BCUT2D eigenvalue weighted by Gasteiger charge is -2.35. The van der Waals surface area contributed by atoms with Crippen LogP contribution in [0.15, 0.2) is 58.3 Å². The second-order valence-corrected chi connectivity index (χ2v) is 8.99. The average molecular weight is 472 g/mol. The number of nitro groups is 1. The van der Waals surface area contributed by atoms with Gasteiger partial charge in [0.2, 0.25) is 5.91 Å². The summed E-state index contributed by atoms with van der Waals surface area (Å²) in [7, 11) is 0. The molecule has 0 saturated carbocycles. The Labute approximate surface area is 192 Å². The number of nitro benzene ring substituents is 1. The van der Waals surface area contributed by atoms with Gasteiger partial charge in [0.1, 0.15) is 10.4 Å². The molecule has 3 aromatic rings. The van der Waals surface area contributed by atoms with Crippen LogP contribution in [-0.4, -0.2) is 57.2 Å². The maximum atomic E-state index is 12.8. The standard InChI is InChI=1S/C21H21N5O4S2/c1-2-8-25-20(28)19-15(7-13-31-19)22-21(25)32-14-18(27)24-11-9-23(10-12-24)16-5-3-4-6-17(16)26(29)30/h2-7,13H,1,8-12,14H2. The van der Waals surface area contributed by atoms with Gasteiger partial charge in [0.25, 0.3) is 11.2 Å². The molecule has 0 radical (unpaired) electrons. The highest BCUT2D eigenvalue weighted by Gasteiger charge is 2.25. The summed E-state index contributed by atoms with van der Waals surface area (Å²) in [6.07, 6.45) is 1.64. The minimum absolute atomic E-state index is 0.0537. The number of para-hydroxylation sites is 2. The summed E-state index contributed by atoms with van der Waals surface area (Å²) in [5.74, 6) is 0.104. The number of allylic oxidation sites excluding steroid dienone is 1.